The number of carbonyl (C=O) groups excluding carboxylic acids is 1. The Bertz CT molecular complexity index is 1180. The number of amides is 1. The summed E-state index contributed by atoms with van der Waals surface area (Å²) in [6.07, 6.45) is 2.68. The third-order valence-electron chi connectivity index (χ3n) is 4.84. The number of rotatable bonds is 8. The number of aromatic nitrogens is 4. The molecule has 4 rings (SSSR count). The highest BCUT2D eigenvalue weighted by Crippen LogP contribution is 2.28. The average Bonchev–Trinajstić information content (AvgIpc) is 3.28. The van der Waals surface area contributed by atoms with Crippen molar-refractivity contribution in [3.05, 3.63) is 78.5 Å². The maximum Gasteiger partial charge on any atom is 0.234 e. The number of methoxy groups -OCH3 is 1. The summed E-state index contributed by atoms with van der Waals surface area (Å²) in [6.45, 7) is 2.10. The highest BCUT2D eigenvalue weighted by molar-refractivity contribution is 7.99. The molecule has 162 valence electrons. The van der Waals surface area contributed by atoms with Gasteiger partial charge in [-0.15, -0.1) is 10.2 Å². The van der Waals surface area contributed by atoms with Crippen molar-refractivity contribution in [3.8, 4) is 23.0 Å². The van der Waals surface area contributed by atoms with Crippen LogP contribution in [0.2, 0.25) is 0 Å². The molecule has 0 aliphatic carbocycles. The van der Waals surface area contributed by atoms with Gasteiger partial charge in [0.25, 0.3) is 0 Å². The molecule has 8 heteroatoms. The van der Waals surface area contributed by atoms with Crippen LogP contribution in [0.15, 0.2) is 78.1 Å². The first-order valence-electron chi connectivity index (χ1n) is 10.2. The number of nitrogens with one attached hydrogen (secondary N) is 1. The number of ether oxygens (including phenoxy) is 1. The first-order chi connectivity index (χ1) is 15.7. The fourth-order valence-corrected chi connectivity index (χ4v) is 3.89. The Kier molecular flexibility index (Phi) is 6.81. The molecular weight excluding hydrogens is 422 g/mol. The van der Waals surface area contributed by atoms with Crippen molar-refractivity contribution in [2.75, 3.05) is 18.2 Å². The van der Waals surface area contributed by atoms with Gasteiger partial charge in [-0.05, 0) is 60.5 Å². The Morgan fingerprint density at radius 3 is 2.47 bits per heavy atom. The summed E-state index contributed by atoms with van der Waals surface area (Å²) < 4.78 is 7.17. The third-order valence-corrected chi connectivity index (χ3v) is 5.77. The minimum atomic E-state index is -0.108. The fourth-order valence-electron chi connectivity index (χ4n) is 3.14. The number of thioether (sulfide) groups is 1. The van der Waals surface area contributed by atoms with E-state index in [-0.39, 0.29) is 11.7 Å². The van der Waals surface area contributed by atoms with E-state index >= 15 is 0 Å². The monoisotopic (exact) mass is 445 g/mol. The van der Waals surface area contributed by atoms with E-state index in [0.717, 1.165) is 23.5 Å². The molecule has 0 bridgehead atoms. The third kappa shape index (κ3) is 4.97. The second-order valence-electron chi connectivity index (χ2n) is 6.94. The number of aryl methyl sites for hydroxylation is 1. The molecule has 0 saturated carbocycles. The molecule has 0 radical (unpaired) electrons. The molecule has 0 aliphatic rings. The lowest BCUT2D eigenvalue weighted by Gasteiger charge is -2.11. The minimum Gasteiger partial charge on any atom is -0.497 e. The van der Waals surface area contributed by atoms with E-state index in [9.17, 15) is 4.79 Å². The van der Waals surface area contributed by atoms with Crippen molar-refractivity contribution in [2.24, 2.45) is 0 Å². The molecule has 0 atom stereocenters. The lowest BCUT2D eigenvalue weighted by Crippen LogP contribution is -2.14. The number of nitrogens with zero attached hydrogens (tertiary/aromatic N) is 4. The second-order valence-corrected chi connectivity index (χ2v) is 7.88. The molecule has 0 fully saturated rings. The second kappa shape index (κ2) is 10.1. The maximum atomic E-state index is 12.5. The van der Waals surface area contributed by atoms with E-state index in [1.807, 2.05) is 71.3 Å². The lowest BCUT2D eigenvalue weighted by molar-refractivity contribution is -0.113. The Labute approximate surface area is 190 Å². The summed E-state index contributed by atoms with van der Waals surface area (Å²) in [5.41, 5.74) is 3.56. The summed E-state index contributed by atoms with van der Waals surface area (Å²) in [4.78, 5) is 16.9. The molecule has 1 N–H and O–H groups in total. The van der Waals surface area contributed by atoms with Crippen LogP contribution >= 0.6 is 11.8 Å². The summed E-state index contributed by atoms with van der Waals surface area (Å²) >= 11 is 1.32. The van der Waals surface area contributed by atoms with Crippen LogP contribution in [0.4, 0.5) is 5.69 Å². The molecule has 0 unspecified atom stereocenters. The molecule has 2 heterocycles. The van der Waals surface area contributed by atoms with Gasteiger partial charge in [0, 0.05) is 11.9 Å². The SMILES string of the molecule is CCc1ccc(NC(=O)CSc2nnc(-c3ccccn3)n2-c2ccc(OC)cc2)cc1. The van der Waals surface area contributed by atoms with Gasteiger partial charge in [0.1, 0.15) is 11.4 Å². The molecule has 7 nitrogen and oxygen atoms in total. The van der Waals surface area contributed by atoms with Gasteiger partial charge in [-0.2, -0.15) is 0 Å². The standard InChI is InChI=1S/C24H23N5O2S/c1-3-17-7-9-18(10-8-17)26-22(30)16-32-24-28-27-23(21-6-4-5-15-25-21)29(24)19-11-13-20(31-2)14-12-19/h4-15H,3,16H2,1-2H3,(H,26,30). The molecule has 0 aliphatic heterocycles. The maximum absolute atomic E-state index is 12.5. The van der Waals surface area contributed by atoms with Gasteiger partial charge in [-0.25, -0.2) is 0 Å². The molecule has 32 heavy (non-hydrogen) atoms. The van der Waals surface area contributed by atoms with Crippen molar-refractivity contribution in [1.29, 1.82) is 0 Å². The Hall–Kier alpha value is -3.65. The number of anilines is 1. The summed E-state index contributed by atoms with van der Waals surface area (Å²) in [5, 5.41) is 12.2. The number of benzene rings is 2. The first kappa shape index (κ1) is 21.6. The summed E-state index contributed by atoms with van der Waals surface area (Å²) in [7, 11) is 1.63. The first-order valence-corrected chi connectivity index (χ1v) is 11.2. The smallest absolute Gasteiger partial charge is 0.234 e. The fraction of sp³-hybridized carbons (Fsp3) is 0.167. The predicted molar refractivity (Wildman–Crippen MR) is 126 cm³/mol. The molecule has 4 aromatic rings. The van der Waals surface area contributed by atoms with E-state index < -0.39 is 0 Å². The quantitative estimate of drug-likeness (QED) is 0.398. The van der Waals surface area contributed by atoms with Crippen LogP contribution in [-0.2, 0) is 11.2 Å². The normalized spacial score (nSPS) is 10.7. The van der Waals surface area contributed by atoms with Crippen LogP contribution < -0.4 is 10.1 Å². The Morgan fingerprint density at radius 1 is 1.03 bits per heavy atom. The van der Waals surface area contributed by atoms with Crippen molar-refractivity contribution in [1.82, 2.24) is 19.7 Å². The predicted octanol–water partition coefficient (Wildman–Crippen LogP) is 4.63. The van der Waals surface area contributed by atoms with Gasteiger partial charge >= 0.3 is 0 Å². The van der Waals surface area contributed by atoms with Gasteiger partial charge < -0.3 is 10.1 Å². The number of hydrogen-bond acceptors (Lipinski definition) is 6. The zero-order chi connectivity index (χ0) is 22.3. The molecular formula is C24H23N5O2S. The summed E-state index contributed by atoms with van der Waals surface area (Å²) in [6, 6.07) is 21.1. The van der Waals surface area contributed by atoms with Gasteiger partial charge in [0.15, 0.2) is 11.0 Å². The van der Waals surface area contributed by atoms with Gasteiger partial charge in [-0.3, -0.25) is 14.3 Å². The largest absolute Gasteiger partial charge is 0.497 e. The van der Waals surface area contributed by atoms with Gasteiger partial charge in [0.05, 0.1) is 18.6 Å². The lowest BCUT2D eigenvalue weighted by atomic mass is 10.1. The zero-order valence-corrected chi connectivity index (χ0v) is 18.7. The van der Waals surface area contributed by atoms with Crippen molar-refractivity contribution < 1.29 is 9.53 Å². The van der Waals surface area contributed by atoms with Crippen LogP contribution in [0.5, 0.6) is 5.75 Å². The molecule has 1 amide bonds. The molecule has 2 aromatic heterocycles. The summed E-state index contributed by atoms with van der Waals surface area (Å²) in [5.74, 6) is 1.45. The highest BCUT2D eigenvalue weighted by atomic mass is 32.2. The Morgan fingerprint density at radius 2 is 1.81 bits per heavy atom. The zero-order valence-electron chi connectivity index (χ0n) is 17.9. The van der Waals surface area contributed by atoms with Crippen LogP contribution in [0.3, 0.4) is 0 Å². The molecule has 2 aromatic carbocycles. The van der Waals surface area contributed by atoms with E-state index in [1.54, 1.807) is 13.3 Å². The van der Waals surface area contributed by atoms with E-state index in [0.29, 0.717) is 16.7 Å². The highest BCUT2D eigenvalue weighted by Gasteiger charge is 2.18. The van der Waals surface area contributed by atoms with Crippen LogP contribution in [0.25, 0.3) is 17.2 Å². The van der Waals surface area contributed by atoms with Crippen LogP contribution in [-0.4, -0.2) is 38.5 Å². The van der Waals surface area contributed by atoms with E-state index in [4.69, 9.17) is 4.74 Å². The van der Waals surface area contributed by atoms with Crippen LogP contribution in [0.1, 0.15) is 12.5 Å². The topological polar surface area (TPSA) is 81.9 Å². The molecule has 0 saturated heterocycles. The Balaban J connectivity index is 1.56. The number of pyridine rings is 1. The number of carbonyl (C=O) groups is 1. The minimum absolute atomic E-state index is 0.108. The average molecular weight is 446 g/mol. The van der Waals surface area contributed by atoms with E-state index in [2.05, 4.69) is 27.4 Å². The van der Waals surface area contributed by atoms with Crippen molar-refractivity contribution in [3.63, 3.8) is 0 Å². The van der Waals surface area contributed by atoms with Gasteiger partial charge in [0.2, 0.25) is 5.91 Å². The number of hydrogen-bond donors (Lipinski definition) is 1. The molecule has 0 spiro atoms. The van der Waals surface area contributed by atoms with Crippen LogP contribution in [0, 0.1) is 0 Å². The van der Waals surface area contributed by atoms with E-state index in [1.165, 1.54) is 17.3 Å². The van der Waals surface area contributed by atoms with Crippen molar-refractivity contribution >= 4 is 23.4 Å². The van der Waals surface area contributed by atoms with Gasteiger partial charge in [-0.1, -0.05) is 36.9 Å². The van der Waals surface area contributed by atoms with Crippen molar-refractivity contribution in [2.45, 2.75) is 18.5 Å².